The van der Waals surface area contributed by atoms with Gasteiger partial charge in [-0.2, -0.15) is 0 Å². The van der Waals surface area contributed by atoms with E-state index in [2.05, 4.69) is 63.4 Å². The second kappa shape index (κ2) is 5.42. The Morgan fingerprint density at radius 2 is 1.92 bits per heavy atom. The first-order chi connectivity index (χ1) is 11.9. The number of pyridine rings is 1. The highest BCUT2D eigenvalue weighted by molar-refractivity contribution is 5.94. The quantitative estimate of drug-likeness (QED) is 0.612. The van der Waals surface area contributed by atoms with Gasteiger partial charge in [-0.25, -0.2) is 9.97 Å². The minimum absolute atomic E-state index is 0.453. The van der Waals surface area contributed by atoms with Gasteiger partial charge in [0.05, 0.1) is 12.4 Å². The SMILES string of the molecule is c1ccc2cc(-c3ccnc4c3ncn4[C@@H]3CCNC3)ccc2c1. The lowest BCUT2D eigenvalue weighted by molar-refractivity contribution is 0.558. The van der Waals surface area contributed by atoms with Gasteiger partial charge in [0.2, 0.25) is 0 Å². The van der Waals surface area contributed by atoms with Crippen molar-refractivity contribution in [2.45, 2.75) is 12.5 Å². The Hall–Kier alpha value is -2.72. The second-order valence-electron chi connectivity index (χ2n) is 6.39. The van der Waals surface area contributed by atoms with Crippen LogP contribution in [0.5, 0.6) is 0 Å². The molecule has 0 saturated carbocycles. The molecule has 4 nitrogen and oxygen atoms in total. The van der Waals surface area contributed by atoms with E-state index in [-0.39, 0.29) is 0 Å². The van der Waals surface area contributed by atoms with Gasteiger partial charge >= 0.3 is 0 Å². The summed E-state index contributed by atoms with van der Waals surface area (Å²) in [5.41, 5.74) is 4.31. The van der Waals surface area contributed by atoms with Gasteiger partial charge in [-0.3, -0.25) is 0 Å². The number of rotatable bonds is 2. The van der Waals surface area contributed by atoms with E-state index in [0.29, 0.717) is 6.04 Å². The van der Waals surface area contributed by atoms with Crippen LogP contribution in [0.4, 0.5) is 0 Å². The van der Waals surface area contributed by atoms with Crippen LogP contribution in [0.1, 0.15) is 12.5 Å². The van der Waals surface area contributed by atoms with E-state index in [1.165, 1.54) is 16.3 Å². The molecule has 1 fully saturated rings. The predicted molar refractivity (Wildman–Crippen MR) is 97.0 cm³/mol. The van der Waals surface area contributed by atoms with E-state index in [0.717, 1.165) is 36.2 Å². The summed E-state index contributed by atoms with van der Waals surface area (Å²) in [5, 5.41) is 5.92. The third-order valence-corrected chi connectivity index (χ3v) is 4.95. The smallest absolute Gasteiger partial charge is 0.160 e. The fraction of sp³-hybridized carbons (Fsp3) is 0.200. The number of nitrogens with zero attached hydrogens (tertiary/aromatic N) is 3. The van der Waals surface area contributed by atoms with Gasteiger partial charge in [0.25, 0.3) is 0 Å². The minimum Gasteiger partial charge on any atom is -0.315 e. The van der Waals surface area contributed by atoms with Gasteiger partial charge in [0.1, 0.15) is 5.52 Å². The van der Waals surface area contributed by atoms with Crippen LogP contribution in [0.15, 0.2) is 61.1 Å². The van der Waals surface area contributed by atoms with Crippen molar-refractivity contribution in [3.8, 4) is 11.1 Å². The molecule has 2 aromatic carbocycles. The Morgan fingerprint density at radius 1 is 1.00 bits per heavy atom. The Morgan fingerprint density at radius 3 is 2.79 bits per heavy atom. The third-order valence-electron chi connectivity index (χ3n) is 4.95. The Balaban J connectivity index is 1.68. The molecule has 24 heavy (non-hydrogen) atoms. The molecule has 1 aliphatic heterocycles. The molecule has 4 heteroatoms. The minimum atomic E-state index is 0.453. The van der Waals surface area contributed by atoms with Crippen LogP contribution in [0.2, 0.25) is 0 Å². The number of fused-ring (bicyclic) bond motifs is 2. The van der Waals surface area contributed by atoms with Crippen LogP contribution in [0.3, 0.4) is 0 Å². The lowest BCUT2D eigenvalue weighted by Crippen LogP contribution is -2.12. The molecule has 2 aromatic heterocycles. The number of hydrogen-bond acceptors (Lipinski definition) is 3. The summed E-state index contributed by atoms with van der Waals surface area (Å²) in [6.07, 6.45) is 4.97. The van der Waals surface area contributed by atoms with Gasteiger partial charge in [-0.1, -0.05) is 36.4 Å². The molecule has 1 atom stereocenters. The summed E-state index contributed by atoms with van der Waals surface area (Å²) < 4.78 is 2.22. The molecule has 0 unspecified atom stereocenters. The van der Waals surface area contributed by atoms with Crippen LogP contribution < -0.4 is 5.32 Å². The standard InChI is InChI=1S/C20H18N4/c1-2-4-15-11-16(6-5-14(15)3-1)18-8-10-22-20-19(18)23-13-24(20)17-7-9-21-12-17/h1-6,8,10-11,13,17,21H,7,9,12H2/t17-/m1/s1. The van der Waals surface area contributed by atoms with Crippen molar-refractivity contribution in [2.24, 2.45) is 0 Å². The molecule has 3 heterocycles. The average Bonchev–Trinajstić information content (AvgIpc) is 3.30. The third kappa shape index (κ3) is 2.11. The molecule has 5 rings (SSSR count). The maximum absolute atomic E-state index is 4.69. The molecule has 118 valence electrons. The number of benzene rings is 2. The van der Waals surface area contributed by atoms with Crippen LogP contribution >= 0.6 is 0 Å². The maximum atomic E-state index is 4.69. The predicted octanol–water partition coefficient (Wildman–Crippen LogP) is 3.79. The van der Waals surface area contributed by atoms with E-state index in [1.807, 2.05) is 12.5 Å². The summed E-state index contributed by atoms with van der Waals surface area (Å²) in [4.78, 5) is 9.30. The molecule has 0 aliphatic carbocycles. The van der Waals surface area contributed by atoms with Crippen molar-refractivity contribution in [1.29, 1.82) is 0 Å². The highest BCUT2D eigenvalue weighted by atomic mass is 15.2. The van der Waals surface area contributed by atoms with Crippen LogP contribution in [0.25, 0.3) is 33.1 Å². The van der Waals surface area contributed by atoms with Crippen molar-refractivity contribution >= 4 is 21.9 Å². The topological polar surface area (TPSA) is 42.7 Å². The van der Waals surface area contributed by atoms with Crippen molar-refractivity contribution in [3.63, 3.8) is 0 Å². The molecule has 0 bridgehead atoms. The molecule has 1 aliphatic rings. The van der Waals surface area contributed by atoms with Gasteiger partial charge in [-0.15, -0.1) is 0 Å². The highest BCUT2D eigenvalue weighted by Gasteiger charge is 2.20. The first-order valence-corrected chi connectivity index (χ1v) is 8.41. The first-order valence-electron chi connectivity index (χ1n) is 8.41. The lowest BCUT2D eigenvalue weighted by atomic mass is 10.0. The van der Waals surface area contributed by atoms with Gasteiger partial charge < -0.3 is 9.88 Å². The zero-order chi connectivity index (χ0) is 15.9. The van der Waals surface area contributed by atoms with Crippen molar-refractivity contribution in [1.82, 2.24) is 19.9 Å². The lowest BCUT2D eigenvalue weighted by Gasteiger charge is -2.11. The molecule has 1 N–H and O–H groups in total. The van der Waals surface area contributed by atoms with Gasteiger partial charge in [-0.05, 0) is 41.4 Å². The maximum Gasteiger partial charge on any atom is 0.160 e. The van der Waals surface area contributed by atoms with E-state index in [9.17, 15) is 0 Å². The number of imidazole rings is 1. The van der Waals surface area contributed by atoms with E-state index in [4.69, 9.17) is 4.98 Å². The van der Waals surface area contributed by atoms with Crippen LogP contribution in [-0.4, -0.2) is 27.6 Å². The fourth-order valence-corrected chi connectivity index (χ4v) is 3.67. The summed E-state index contributed by atoms with van der Waals surface area (Å²) in [6.45, 7) is 2.06. The van der Waals surface area contributed by atoms with Crippen LogP contribution in [0, 0.1) is 0 Å². The Labute approximate surface area is 140 Å². The number of hydrogen-bond donors (Lipinski definition) is 1. The molecular weight excluding hydrogens is 296 g/mol. The van der Waals surface area contributed by atoms with E-state index >= 15 is 0 Å². The molecule has 0 radical (unpaired) electrons. The zero-order valence-corrected chi connectivity index (χ0v) is 13.3. The normalized spacial score (nSPS) is 17.8. The highest BCUT2D eigenvalue weighted by Crippen LogP contribution is 2.30. The molecule has 1 saturated heterocycles. The first kappa shape index (κ1) is 13.7. The largest absolute Gasteiger partial charge is 0.315 e. The monoisotopic (exact) mass is 314 g/mol. The average molecular weight is 314 g/mol. The number of nitrogens with one attached hydrogen (secondary N) is 1. The summed E-state index contributed by atoms with van der Waals surface area (Å²) in [5.74, 6) is 0. The molecule has 0 amide bonds. The van der Waals surface area contributed by atoms with Crippen molar-refractivity contribution in [2.75, 3.05) is 13.1 Å². The summed E-state index contributed by atoms with van der Waals surface area (Å²) in [7, 11) is 0. The molecule has 0 spiro atoms. The second-order valence-corrected chi connectivity index (χ2v) is 6.39. The molecule has 4 aromatic rings. The van der Waals surface area contributed by atoms with Crippen molar-refractivity contribution < 1.29 is 0 Å². The fourth-order valence-electron chi connectivity index (χ4n) is 3.67. The zero-order valence-electron chi connectivity index (χ0n) is 13.3. The van der Waals surface area contributed by atoms with E-state index < -0.39 is 0 Å². The van der Waals surface area contributed by atoms with Gasteiger partial charge in [0, 0.05) is 18.3 Å². The van der Waals surface area contributed by atoms with E-state index in [1.54, 1.807) is 0 Å². The molecular formula is C20H18N4. The Bertz CT molecular complexity index is 1030. The van der Waals surface area contributed by atoms with Crippen LogP contribution in [-0.2, 0) is 0 Å². The summed E-state index contributed by atoms with van der Waals surface area (Å²) in [6, 6.07) is 17.6. The summed E-state index contributed by atoms with van der Waals surface area (Å²) >= 11 is 0. The number of aromatic nitrogens is 3. The van der Waals surface area contributed by atoms with Gasteiger partial charge in [0.15, 0.2) is 5.65 Å². The Kier molecular flexibility index (Phi) is 3.10. The van der Waals surface area contributed by atoms with Crippen molar-refractivity contribution in [3.05, 3.63) is 61.1 Å².